The number of halogens is 2. The average molecular weight is 432 g/mol. The molecule has 1 aromatic heterocycles. The minimum Gasteiger partial charge on any atom is -0.383 e. The van der Waals surface area contributed by atoms with Gasteiger partial charge in [-0.15, -0.1) is 11.6 Å². The molecule has 0 amide bonds. The van der Waals surface area contributed by atoms with Gasteiger partial charge in [-0.2, -0.15) is 0 Å². The summed E-state index contributed by atoms with van der Waals surface area (Å²) in [7, 11) is -2.46. The van der Waals surface area contributed by atoms with Gasteiger partial charge >= 0.3 is 0 Å². The number of nitrogens with zero attached hydrogens (tertiary/aromatic N) is 1. The first kappa shape index (κ1) is 20.2. The summed E-state index contributed by atoms with van der Waals surface area (Å²) in [5, 5.41) is 7.66. The van der Waals surface area contributed by atoms with Crippen LogP contribution in [0.15, 0.2) is 45.8 Å². The zero-order valence-electron chi connectivity index (χ0n) is 14.7. The number of H-pyrrole nitrogens is 1. The first-order valence-electron chi connectivity index (χ1n) is 8.07. The molecule has 0 spiro atoms. The molecule has 0 saturated carbocycles. The first-order chi connectivity index (χ1) is 12.6. The van der Waals surface area contributed by atoms with Gasteiger partial charge in [-0.25, -0.2) is 13.6 Å². The van der Waals surface area contributed by atoms with E-state index in [4.69, 9.17) is 33.1 Å². The Hall–Kier alpha value is -1.58. The average Bonchev–Trinajstić information content (AvgIpc) is 2.86. The second kappa shape index (κ2) is 7.10. The second-order valence-electron chi connectivity index (χ2n) is 6.47. The number of allylic oxidation sites excluding steroid dienone is 3. The molecule has 10 heteroatoms. The highest BCUT2D eigenvalue weighted by molar-refractivity contribution is 7.90. The summed E-state index contributed by atoms with van der Waals surface area (Å²) in [4.78, 5) is 10.8. The van der Waals surface area contributed by atoms with Crippen molar-refractivity contribution in [3.63, 3.8) is 0 Å². The molecule has 0 bridgehead atoms. The predicted molar refractivity (Wildman–Crippen MR) is 107 cm³/mol. The largest absolute Gasteiger partial charge is 0.383 e. The number of nitrogens with two attached hydrogens (primary N) is 1. The number of alkyl halides is 1. The minimum absolute atomic E-state index is 0.300. The SMILES string of the molecule is COCCn1[nH]c(=O)c2cc(C3(Cl)C=C(Cl)C=C(C)C3S(N)(=O)=O)ccc21. The van der Waals surface area contributed by atoms with Crippen LogP contribution in [0.1, 0.15) is 12.5 Å². The van der Waals surface area contributed by atoms with Gasteiger partial charge in [0.15, 0.2) is 0 Å². The third-order valence-corrected chi connectivity index (χ3v) is 6.86. The van der Waals surface area contributed by atoms with Crippen LogP contribution in [0, 0.1) is 0 Å². The highest BCUT2D eigenvalue weighted by Crippen LogP contribution is 2.45. The Morgan fingerprint density at radius 3 is 2.74 bits per heavy atom. The molecular weight excluding hydrogens is 413 g/mol. The highest BCUT2D eigenvalue weighted by Gasteiger charge is 2.47. The van der Waals surface area contributed by atoms with Crippen molar-refractivity contribution in [2.75, 3.05) is 13.7 Å². The molecule has 1 aliphatic carbocycles. The summed E-state index contributed by atoms with van der Waals surface area (Å²) in [6, 6.07) is 4.95. The molecule has 2 unspecified atom stereocenters. The quantitative estimate of drug-likeness (QED) is 0.706. The number of hydrogen-bond acceptors (Lipinski definition) is 4. The fourth-order valence-electron chi connectivity index (χ4n) is 3.47. The molecular formula is C17H19Cl2N3O4S. The predicted octanol–water partition coefficient (Wildman–Crippen LogP) is 2.15. The van der Waals surface area contributed by atoms with Gasteiger partial charge in [-0.05, 0) is 36.8 Å². The maximum atomic E-state index is 12.4. The van der Waals surface area contributed by atoms with E-state index in [1.54, 1.807) is 36.9 Å². The standard InChI is InChI=1S/C17H19Cl2N3O4S/c1-10-7-12(18)9-17(19,15(10)27(20,24)25)11-3-4-14-13(8-11)16(23)21-22(14)5-6-26-2/h3-4,7-9,15H,5-6H2,1-2H3,(H,21,23)(H2,20,24,25). The van der Waals surface area contributed by atoms with Gasteiger partial charge < -0.3 is 4.74 Å². The number of benzene rings is 1. The molecule has 2 aromatic rings. The van der Waals surface area contributed by atoms with Gasteiger partial charge in [-0.1, -0.05) is 23.2 Å². The molecule has 1 aliphatic rings. The molecule has 0 saturated heterocycles. The normalized spacial score (nSPS) is 23.4. The summed E-state index contributed by atoms with van der Waals surface area (Å²) >= 11 is 12.9. The molecule has 27 heavy (non-hydrogen) atoms. The Bertz CT molecular complexity index is 1120. The maximum Gasteiger partial charge on any atom is 0.271 e. The zero-order valence-corrected chi connectivity index (χ0v) is 17.0. The number of hydrogen-bond donors (Lipinski definition) is 2. The van der Waals surface area contributed by atoms with Gasteiger partial charge in [0, 0.05) is 12.1 Å². The van der Waals surface area contributed by atoms with Gasteiger partial charge in [0.1, 0.15) is 10.1 Å². The molecule has 2 atom stereocenters. The van der Waals surface area contributed by atoms with Crippen LogP contribution in [0.5, 0.6) is 0 Å². The Morgan fingerprint density at radius 2 is 2.11 bits per heavy atom. The molecule has 0 aliphatic heterocycles. The Labute approximate surface area is 166 Å². The monoisotopic (exact) mass is 431 g/mol. The smallest absolute Gasteiger partial charge is 0.271 e. The Balaban J connectivity index is 2.19. The molecule has 0 radical (unpaired) electrons. The Morgan fingerprint density at radius 1 is 1.41 bits per heavy atom. The molecule has 0 fully saturated rings. The first-order valence-corrected chi connectivity index (χ1v) is 10.4. The molecule has 7 nitrogen and oxygen atoms in total. The number of ether oxygens (including phenoxy) is 1. The van der Waals surface area contributed by atoms with Crippen molar-refractivity contribution in [2.45, 2.75) is 23.6 Å². The van der Waals surface area contributed by atoms with Crippen LogP contribution in [0.4, 0.5) is 0 Å². The van der Waals surface area contributed by atoms with Gasteiger partial charge in [0.05, 0.1) is 24.1 Å². The zero-order chi connectivity index (χ0) is 20.0. The van der Waals surface area contributed by atoms with E-state index in [0.29, 0.717) is 40.2 Å². The third kappa shape index (κ3) is 3.60. The van der Waals surface area contributed by atoms with Crippen LogP contribution in [0.2, 0.25) is 0 Å². The highest BCUT2D eigenvalue weighted by atomic mass is 35.5. The van der Waals surface area contributed by atoms with Crippen LogP contribution in [0.25, 0.3) is 10.9 Å². The van der Waals surface area contributed by atoms with E-state index in [2.05, 4.69) is 5.10 Å². The number of aromatic nitrogens is 2. The lowest BCUT2D eigenvalue weighted by molar-refractivity contribution is 0.184. The van der Waals surface area contributed by atoms with Crippen molar-refractivity contribution in [2.24, 2.45) is 5.14 Å². The molecule has 3 N–H and O–H groups in total. The van der Waals surface area contributed by atoms with Crippen LogP contribution >= 0.6 is 23.2 Å². The van der Waals surface area contributed by atoms with Crippen molar-refractivity contribution in [1.29, 1.82) is 0 Å². The van der Waals surface area contributed by atoms with Crippen molar-refractivity contribution in [1.82, 2.24) is 9.78 Å². The van der Waals surface area contributed by atoms with E-state index in [1.807, 2.05) is 0 Å². The number of aromatic amines is 1. The van der Waals surface area contributed by atoms with E-state index >= 15 is 0 Å². The fraction of sp³-hybridized carbons (Fsp3) is 0.353. The van der Waals surface area contributed by atoms with Gasteiger partial charge in [0.25, 0.3) is 5.56 Å². The Kier molecular flexibility index (Phi) is 5.31. The third-order valence-electron chi connectivity index (χ3n) is 4.57. The van der Waals surface area contributed by atoms with Crippen molar-refractivity contribution in [3.8, 4) is 0 Å². The number of methoxy groups -OCH3 is 1. The number of rotatable bonds is 5. The van der Waals surface area contributed by atoms with E-state index < -0.39 is 20.1 Å². The lowest BCUT2D eigenvalue weighted by Crippen LogP contribution is -2.44. The van der Waals surface area contributed by atoms with Crippen LogP contribution in [-0.2, 0) is 26.2 Å². The van der Waals surface area contributed by atoms with E-state index in [9.17, 15) is 13.2 Å². The van der Waals surface area contributed by atoms with E-state index in [-0.39, 0.29) is 5.56 Å². The molecule has 146 valence electrons. The van der Waals surface area contributed by atoms with Crippen molar-refractivity contribution < 1.29 is 13.2 Å². The molecule has 1 aromatic carbocycles. The lowest BCUT2D eigenvalue weighted by atomic mass is 9.86. The number of nitrogens with one attached hydrogen (secondary N) is 1. The van der Waals surface area contributed by atoms with E-state index in [1.165, 1.54) is 12.2 Å². The van der Waals surface area contributed by atoms with Crippen LogP contribution in [-0.4, -0.2) is 37.2 Å². The van der Waals surface area contributed by atoms with Crippen LogP contribution in [0.3, 0.4) is 0 Å². The van der Waals surface area contributed by atoms with Gasteiger partial charge in [-0.3, -0.25) is 14.6 Å². The number of primary sulfonamides is 1. The summed E-state index contributed by atoms with van der Waals surface area (Å²) in [5.74, 6) is 0. The summed E-state index contributed by atoms with van der Waals surface area (Å²) < 4.78 is 31.2. The maximum absolute atomic E-state index is 12.4. The molecule has 1 heterocycles. The minimum atomic E-state index is -4.04. The van der Waals surface area contributed by atoms with Crippen molar-refractivity contribution in [3.05, 3.63) is 56.9 Å². The second-order valence-corrected chi connectivity index (χ2v) is 9.18. The molecule has 3 rings (SSSR count). The number of sulfonamides is 1. The van der Waals surface area contributed by atoms with Gasteiger partial charge in [0.2, 0.25) is 10.0 Å². The van der Waals surface area contributed by atoms with E-state index in [0.717, 1.165) is 0 Å². The summed E-state index contributed by atoms with van der Waals surface area (Å²) in [5.41, 5.74) is 1.18. The summed E-state index contributed by atoms with van der Waals surface area (Å²) in [6.07, 6.45) is 2.96. The van der Waals surface area contributed by atoms with Crippen molar-refractivity contribution >= 4 is 44.1 Å². The fourth-order valence-corrected chi connectivity index (χ4v) is 5.92. The lowest BCUT2D eigenvalue weighted by Gasteiger charge is -2.35. The topological polar surface area (TPSA) is 107 Å². The number of fused-ring (bicyclic) bond motifs is 1. The van der Waals surface area contributed by atoms with Crippen LogP contribution < -0.4 is 10.7 Å². The summed E-state index contributed by atoms with van der Waals surface area (Å²) in [6.45, 7) is 2.50.